The molecule has 0 spiro atoms. The molecule has 0 amide bonds. The highest BCUT2D eigenvalue weighted by atomic mass is 16.6. The molecule has 61 heavy (non-hydrogen) atoms. The van der Waals surface area contributed by atoms with Crippen LogP contribution in [0, 0.1) is 0 Å². The van der Waals surface area contributed by atoms with Crippen molar-refractivity contribution in [2.45, 2.75) is 181 Å². The van der Waals surface area contributed by atoms with Crippen molar-refractivity contribution in [1.29, 1.82) is 0 Å². The Bertz CT molecular complexity index is 1380. The number of hydrogen-bond donors (Lipinski definition) is 0. The van der Waals surface area contributed by atoms with E-state index in [1.165, 1.54) is 25.7 Å². The second-order valence-corrected chi connectivity index (χ2v) is 14.9. The molecule has 0 fully saturated rings. The largest absolute Gasteiger partial charge is 0.462 e. The van der Waals surface area contributed by atoms with Crippen LogP contribution in [0.4, 0.5) is 0 Å². The van der Waals surface area contributed by atoms with Gasteiger partial charge in [-0.1, -0.05) is 193 Å². The van der Waals surface area contributed by atoms with Crippen LogP contribution < -0.4 is 0 Å². The number of rotatable bonds is 40. The molecule has 0 heterocycles. The van der Waals surface area contributed by atoms with Crippen LogP contribution in [0.3, 0.4) is 0 Å². The molecule has 0 aliphatic carbocycles. The number of allylic oxidation sites excluding steroid dienone is 21. The number of esters is 3. The zero-order valence-electron chi connectivity index (χ0n) is 38.6. The molecule has 0 aromatic carbocycles. The van der Waals surface area contributed by atoms with Gasteiger partial charge in [0.2, 0.25) is 0 Å². The molecule has 0 aliphatic rings. The predicted octanol–water partition coefficient (Wildman–Crippen LogP) is 15.5. The Kier molecular flexibility index (Phi) is 44.7. The van der Waals surface area contributed by atoms with E-state index in [1.54, 1.807) is 6.08 Å². The number of ether oxygens (including phenoxy) is 3. The van der Waals surface area contributed by atoms with Gasteiger partial charge in [0.15, 0.2) is 6.10 Å². The Morgan fingerprint density at radius 2 is 0.689 bits per heavy atom. The van der Waals surface area contributed by atoms with Crippen molar-refractivity contribution in [3.05, 3.63) is 134 Å². The highest BCUT2D eigenvalue weighted by Gasteiger charge is 2.19. The lowest BCUT2D eigenvalue weighted by atomic mass is 10.1. The van der Waals surface area contributed by atoms with E-state index in [4.69, 9.17) is 14.2 Å². The van der Waals surface area contributed by atoms with Crippen molar-refractivity contribution in [1.82, 2.24) is 0 Å². The Morgan fingerprint density at radius 1 is 0.361 bits per heavy atom. The molecule has 0 radical (unpaired) electrons. The summed E-state index contributed by atoms with van der Waals surface area (Å²) in [6, 6.07) is 0. The molecular formula is C55H84O6. The summed E-state index contributed by atoms with van der Waals surface area (Å²) in [5, 5.41) is 0. The number of carbonyl (C=O) groups excluding carboxylic acids is 3. The minimum absolute atomic E-state index is 0.0819. The lowest BCUT2D eigenvalue weighted by molar-refractivity contribution is -0.166. The number of carbonyl (C=O) groups is 3. The lowest BCUT2D eigenvalue weighted by Gasteiger charge is -2.18. The fourth-order valence-corrected chi connectivity index (χ4v) is 5.69. The standard InChI is InChI=1S/C55H84O6/c1-4-7-10-13-16-18-20-22-24-25-26-27-28-29-31-32-34-36-39-42-45-48-54(57)60-51-52(50-59-53(56)47-44-41-38-15-12-9-6-3)61-55(58)49-46-43-40-37-35-33-30-23-21-19-17-14-11-8-5-2/h7-8,10-11,16-19,22-24,26-27,29-31,34-37,43,46,52H,4-6,9,12-15,20-21,25,28,32-33,38-42,44-45,47-51H2,1-3H3/b10-7-,11-8-,18-16-,19-17-,24-22-,27-26-,30-23-,31-29-,36-34-,37-35-,46-43-. The third kappa shape index (κ3) is 46.5. The van der Waals surface area contributed by atoms with Gasteiger partial charge in [-0.25, -0.2) is 0 Å². The van der Waals surface area contributed by atoms with Crippen molar-refractivity contribution in [3.8, 4) is 0 Å². The van der Waals surface area contributed by atoms with Gasteiger partial charge in [-0.3, -0.25) is 14.4 Å². The van der Waals surface area contributed by atoms with Crippen LogP contribution in [0.1, 0.15) is 175 Å². The maximum atomic E-state index is 12.7. The summed E-state index contributed by atoms with van der Waals surface area (Å²) in [7, 11) is 0. The van der Waals surface area contributed by atoms with E-state index in [-0.39, 0.29) is 38.0 Å². The summed E-state index contributed by atoms with van der Waals surface area (Å²) in [4.78, 5) is 37.6. The molecular weight excluding hydrogens is 757 g/mol. The fraction of sp³-hybridized carbons (Fsp3) is 0.545. The van der Waals surface area contributed by atoms with Crippen LogP contribution in [-0.4, -0.2) is 37.2 Å². The zero-order chi connectivity index (χ0) is 44.4. The van der Waals surface area contributed by atoms with Crippen molar-refractivity contribution >= 4 is 17.9 Å². The maximum absolute atomic E-state index is 12.7. The normalized spacial score (nSPS) is 13.3. The second-order valence-electron chi connectivity index (χ2n) is 14.9. The summed E-state index contributed by atoms with van der Waals surface area (Å²) in [6.07, 6.45) is 67.6. The van der Waals surface area contributed by atoms with E-state index < -0.39 is 12.1 Å². The van der Waals surface area contributed by atoms with Gasteiger partial charge < -0.3 is 14.2 Å². The smallest absolute Gasteiger partial charge is 0.310 e. The molecule has 0 aromatic rings. The van der Waals surface area contributed by atoms with Gasteiger partial charge in [0.05, 0.1) is 6.42 Å². The summed E-state index contributed by atoms with van der Waals surface area (Å²) >= 11 is 0. The zero-order valence-corrected chi connectivity index (χ0v) is 38.6. The molecule has 0 bridgehead atoms. The van der Waals surface area contributed by atoms with Crippen molar-refractivity contribution in [2.24, 2.45) is 0 Å². The van der Waals surface area contributed by atoms with E-state index in [0.717, 1.165) is 96.3 Å². The van der Waals surface area contributed by atoms with Crippen molar-refractivity contribution in [2.75, 3.05) is 13.2 Å². The van der Waals surface area contributed by atoms with Gasteiger partial charge >= 0.3 is 17.9 Å². The summed E-state index contributed by atoms with van der Waals surface area (Å²) in [5.74, 6) is -1.13. The SMILES string of the molecule is CC/C=C\C/C=C\C/C=C\C/C=C\C/C=C\C/C=C\CCCCC(=O)OCC(COC(=O)CCCCCCCCC)OC(=O)C/C=C\C/C=C\C/C=C\C/C=C\C/C=C\CC. The van der Waals surface area contributed by atoms with Crippen LogP contribution in [0.15, 0.2) is 134 Å². The molecule has 0 aliphatic heterocycles. The molecule has 0 N–H and O–H groups in total. The van der Waals surface area contributed by atoms with E-state index in [0.29, 0.717) is 19.3 Å². The van der Waals surface area contributed by atoms with Crippen LogP contribution in [0.2, 0.25) is 0 Å². The van der Waals surface area contributed by atoms with Crippen LogP contribution in [0.5, 0.6) is 0 Å². The molecule has 6 nitrogen and oxygen atoms in total. The van der Waals surface area contributed by atoms with Gasteiger partial charge in [0, 0.05) is 12.8 Å². The predicted molar refractivity (Wildman–Crippen MR) is 260 cm³/mol. The first-order valence-electron chi connectivity index (χ1n) is 23.7. The second kappa shape index (κ2) is 48.2. The number of hydrogen-bond acceptors (Lipinski definition) is 6. The molecule has 1 atom stereocenters. The fourth-order valence-electron chi connectivity index (χ4n) is 5.69. The average Bonchev–Trinajstić information content (AvgIpc) is 3.26. The maximum Gasteiger partial charge on any atom is 0.310 e. The highest BCUT2D eigenvalue weighted by Crippen LogP contribution is 2.10. The lowest BCUT2D eigenvalue weighted by Crippen LogP contribution is -2.30. The molecule has 0 saturated heterocycles. The van der Waals surface area contributed by atoms with Crippen LogP contribution in [0.25, 0.3) is 0 Å². The minimum atomic E-state index is -0.851. The topological polar surface area (TPSA) is 78.9 Å². The summed E-state index contributed by atoms with van der Waals surface area (Å²) in [5.41, 5.74) is 0. The molecule has 340 valence electrons. The average molecular weight is 841 g/mol. The van der Waals surface area contributed by atoms with E-state index in [1.807, 2.05) is 6.08 Å². The van der Waals surface area contributed by atoms with Gasteiger partial charge in [-0.15, -0.1) is 0 Å². The van der Waals surface area contributed by atoms with E-state index >= 15 is 0 Å². The highest BCUT2D eigenvalue weighted by molar-refractivity contribution is 5.72. The number of unbranched alkanes of at least 4 members (excludes halogenated alkanes) is 8. The van der Waals surface area contributed by atoms with E-state index in [2.05, 4.69) is 142 Å². The van der Waals surface area contributed by atoms with Crippen LogP contribution in [-0.2, 0) is 28.6 Å². The Labute approximate surface area is 373 Å². The van der Waals surface area contributed by atoms with Gasteiger partial charge in [0.25, 0.3) is 0 Å². The molecule has 0 rings (SSSR count). The first-order valence-corrected chi connectivity index (χ1v) is 23.7. The Morgan fingerprint density at radius 3 is 1.08 bits per heavy atom. The Hall–Kier alpha value is -4.45. The first kappa shape index (κ1) is 56.5. The Balaban J connectivity index is 4.51. The molecule has 0 saturated carbocycles. The van der Waals surface area contributed by atoms with Gasteiger partial charge in [-0.05, 0) is 96.3 Å². The van der Waals surface area contributed by atoms with Crippen LogP contribution >= 0.6 is 0 Å². The van der Waals surface area contributed by atoms with Gasteiger partial charge in [-0.2, -0.15) is 0 Å². The first-order chi connectivity index (χ1) is 30.0. The summed E-state index contributed by atoms with van der Waals surface area (Å²) in [6.45, 7) is 6.20. The summed E-state index contributed by atoms with van der Waals surface area (Å²) < 4.78 is 16.5. The monoisotopic (exact) mass is 841 g/mol. The van der Waals surface area contributed by atoms with Crippen molar-refractivity contribution in [3.63, 3.8) is 0 Å². The quantitative estimate of drug-likeness (QED) is 0.0265. The van der Waals surface area contributed by atoms with E-state index in [9.17, 15) is 14.4 Å². The molecule has 1 unspecified atom stereocenters. The molecule has 0 aromatic heterocycles. The van der Waals surface area contributed by atoms with Gasteiger partial charge in [0.1, 0.15) is 13.2 Å². The third-order valence-electron chi connectivity index (χ3n) is 9.18. The minimum Gasteiger partial charge on any atom is -0.462 e. The molecule has 6 heteroatoms. The van der Waals surface area contributed by atoms with Crippen molar-refractivity contribution < 1.29 is 28.6 Å². The third-order valence-corrected chi connectivity index (χ3v) is 9.18.